The second-order valence-corrected chi connectivity index (χ2v) is 4.36. The maximum absolute atomic E-state index is 12.0. The molecule has 0 heterocycles. The summed E-state index contributed by atoms with van der Waals surface area (Å²) in [6, 6.07) is 11.5. The number of hydrogen-bond acceptors (Lipinski definition) is 4. The van der Waals surface area contributed by atoms with E-state index in [1.165, 1.54) is 18.2 Å². The number of hydrogen-bond donors (Lipinski definition) is 1. The lowest BCUT2D eigenvalue weighted by atomic mass is 10.1. The molecule has 0 spiro atoms. The van der Waals surface area contributed by atoms with E-state index in [4.69, 9.17) is 9.47 Å². The van der Waals surface area contributed by atoms with Gasteiger partial charge in [0.2, 0.25) is 0 Å². The van der Waals surface area contributed by atoms with Crippen LogP contribution in [0.15, 0.2) is 48.5 Å². The molecule has 0 aliphatic rings. The van der Waals surface area contributed by atoms with Crippen molar-refractivity contribution in [3.63, 3.8) is 0 Å². The van der Waals surface area contributed by atoms with Crippen molar-refractivity contribution in [3.05, 3.63) is 59.7 Å². The standard InChI is InChI=1S/C17H16O4/c1-20-16-10-4-12(11-17(16)21-2)3-9-15(19)13-5-7-14(18)8-6-13/h3-11,18H,1-2H3/b9-3+. The number of phenolic OH excluding ortho intramolecular Hbond substituents is 1. The van der Waals surface area contributed by atoms with Crippen LogP contribution in [0.1, 0.15) is 15.9 Å². The molecular formula is C17H16O4. The molecule has 0 unspecified atom stereocenters. The summed E-state index contributed by atoms with van der Waals surface area (Å²) in [5, 5.41) is 9.20. The molecule has 4 heteroatoms. The maximum atomic E-state index is 12.0. The van der Waals surface area contributed by atoms with Crippen molar-refractivity contribution in [2.45, 2.75) is 0 Å². The van der Waals surface area contributed by atoms with Crippen molar-refractivity contribution in [2.24, 2.45) is 0 Å². The molecule has 2 aromatic rings. The van der Waals surface area contributed by atoms with Gasteiger partial charge in [-0.15, -0.1) is 0 Å². The van der Waals surface area contributed by atoms with E-state index in [0.29, 0.717) is 17.1 Å². The number of carbonyl (C=O) groups excluding carboxylic acids is 1. The van der Waals surface area contributed by atoms with E-state index in [-0.39, 0.29) is 11.5 Å². The summed E-state index contributed by atoms with van der Waals surface area (Å²) in [6.07, 6.45) is 3.19. The lowest BCUT2D eigenvalue weighted by Gasteiger charge is -2.07. The Morgan fingerprint density at radius 3 is 2.29 bits per heavy atom. The van der Waals surface area contributed by atoms with Crippen LogP contribution in [0, 0.1) is 0 Å². The summed E-state index contributed by atoms with van der Waals surface area (Å²) in [6.45, 7) is 0. The number of allylic oxidation sites excluding steroid dienone is 1. The van der Waals surface area contributed by atoms with Crippen LogP contribution >= 0.6 is 0 Å². The molecule has 0 atom stereocenters. The molecule has 1 N–H and O–H groups in total. The van der Waals surface area contributed by atoms with Crippen molar-refractivity contribution in [1.29, 1.82) is 0 Å². The molecule has 21 heavy (non-hydrogen) atoms. The number of ether oxygens (including phenoxy) is 2. The third-order valence-electron chi connectivity index (χ3n) is 2.99. The Morgan fingerprint density at radius 1 is 1.00 bits per heavy atom. The van der Waals surface area contributed by atoms with E-state index in [2.05, 4.69) is 0 Å². The summed E-state index contributed by atoms with van der Waals surface area (Å²) in [5.74, 6) is 1.25. The van der Waals surface area contributed by atoms with Crippen molar-refractivity contribution in [1.82, 2.24) is 0 Å². The molecule has 108 valence electrons. The smallest absolute Gasteiger partial charge is 0.185 e. The summed E-state index contributed by atoms with van der Waals surface area (Å²) in [7, 11) is 3.13. The van der Waals surface area contributed by atoms with Gasteiger partial charge in [0.25, 0.3) is 0 Å². The molecule has 2 aromatic carbocycles. The predicted octanol–water partition coefficient (Wildman–Crippen LogP) is 3.31. The first kappa shape index (κ1) is 14.7. The Kier molecular flexibility index (Phi) is 4.61. The Balaban J connectivity index is 2.17. The number of methoxy groups -OCH3 is 2. The highest BCUT2D eigenvalue weighted by atomic mass is 16.5. The van der Waals surface area contributed by atoms with E-state index in [1.54, 1.807) is 44.6 Å². The number of benzene rings is 2. The number of phenols is 1. The molecule has 2 rings (SSSR count). The summed E-state index contributed by atoms with van der Waals surface area (Å²) in [5.41, 5.74) is 1.35. The monoisotopic (exact) mass is 284 g/mol. The van der Waals surface area contributed by atoms with Gasteiger partial charge in [-0.1, -0.05) is 12.1 Å². The molecule has 0 bridgehead atoms. The molecular weight excluding hydrogens is 268 g/mol. The van der Waals surface area contributed by atoms with Crippen LogP contribution in [0.2, 0.25) is 0 Å². The van der Waals surface area contributed by atoms with Gasteiger partial charge in [0.05, 0.1) is 14.2 Å². The lowest BCUT2D eigenvalue weighted by Crippen LogP contribution is -1.93. The largest absolute Gasteiger partial charge is 0.508 e. The van der Waals surface area contributed by atoms with Gasteiger partial charge in [-0.05, 0) is 48.0 Å². The zero-order chi connectivity index (χ0) is 15.2. The Hall–Kier alpha value is -2.75. The molecule has 0 saturated heterocycles. The fraction of sp³-hybridized carbons (Fsp3) is 0.118. The van der Waals surface area contributed by atoms with Crippen LogP contribution in [0.3, 0.4) is 0 Å². The van der Waals surface area contributed by atoms with Crippen molar-refractivity contribution < 1.29 is 19.4 Å². The second-order valence-electron chi connectivity index (χ2n) is 4.36. The van der Waals surface area contributed by atoms with Crippen molar-refractivity contribution >= 4 is 11.9 Å². The number of aromatic hydroxyl groups is 1. The van der Waals surface area contributed by atoms with E-state index in [9.17, 15) is 9.90 Å². The summed E-state index contributed by atoms with van der Waals surface area (Å²) >= 11 is 0. The van der Waals surface area contributed by atoms with Gasteiger partial charge in [0.15, 0.2) is 17.3 Å². The fourth-order valence-electron chi connectivity index (χ4n) is 1.85. The SMILES string of the molecule is COc1ccc(/C=C/C(=O)c2ccc(O)cc2)cc1OC. The van der Waals surface area contributed by atoms with Crippen LogP contribution in [-0.4, -0.2) is 25.1 Å². The van der Waals surface area contributed by atoms with Gasteiger partial charge in [-0.2, -0.15) is 0 Å². The molecule has 4 nitrogen and oxygen atoms in total. The first-order valence-corrected chi connectivity index (χ1v) is 6.37. The number of carbonyl (C=O) groups is 1. The predicted molar refractivity (Wildman–Crippen MR) is 81.0 cm³/mol. The minimum Gasteiger partial charge on any atom is -0.508 e. The molecule has 0 aliphatic carbocycles. The fourth-order valence-corrected chi connectivity index (χ4v) is 1.85. The highest BCUT2D eigenvalue weighted by molar-refractivity contribution is 6.06. The normalized spacial score (nSPS) is 10.6. The van der Waals surface area contributed by atoms with Crippen molar-refractivity contribution in [2.75, 3.05) is 14.2 Å². The topological polar surface area (TPSA) is 55.8 Å². The Bertz CT molecular complexity index is 657. The first-order valence-electron chi connectivity index (χ1n) is 6.37. The Labute approximate surface area is 123 Å². The first-order chi connectivity index (χ1) is 10.1. The van der Waals surface area contributed by atoms with E-state index in [1.807, 2.05) is 6.07 Å². The maximum Gasteiger partial charge on any atom is 0.185 e. The third-order valence-corrected chi connectivity index (χ3v) is 2.99. The molecule has 0 aliphatic heterocycles. The van der Waals surface area contributed by atoms with Crippen LogP contribution in [0.5, 0.6) is 17.2 Å². The molecule has 0 aromatic heterocycles. The minimum atomic E-state index is -0.134. The lowest BCUT2D eigenvalue weighted by molar-refractivity contribution is 0.104. The van der Waals surface area contributed by atoms with E-state index >= 15 is 0 Å². The Morgan fingerprint density at radius 2 is 1.67 bits per heavy atom. The highest BCUT2D eigenvalue weighted by Gasteiger charge is 2.04. The van der Waals surface area contributed by atoms with Gasteiger partial charge in [0, 0.05) is 5.56 Å². The van der Waals surface area contributed by atoms with Crippen molar-refractivity contribution in [3.8, 4) is 17.2 Å². The average molecular weight is 284 g/mol. The average Bonchev–Trinajstić information content (AvgIpc) is 2.52. The number of ketones is 1. The number of rotatable bonds is 5. The summed E-state index contributed by atoms with van der Waals surface area (Å²) < 4.78 is 10.4. The van der Waals surface area contributed by atoms with Crippen LogP contribution in [-0.2, 0) is 0 Å². The second kappa shape index (κ2) is 6.61. The molecule has 0 radical (unpaired) electrons. The van der Waals surface area contributed by atoms with Crippen LogP contribution in [0.4, 0.5) is 0 Å². The molecule has 0 amide bonds. The molecule has 0 fully saturated rings. The van der Waals surface area contributed by atoms with Gasteiger partial charge < -0.3 is 14.6 Å². The van der Waals surface area contributed by atoms with Crippen LogP contribution < -0.4 is 9.47 Å². The zero-order valence-corrected chi connectivity index (χ0v) is 11.9. The molecule has 0 saturated carbocycles. The highest BCUT2D eigenvalue weighted by Crippen LogP contribution is 2.28. The van der Waals surface area contributed by atoms with Gasteiger partial charge >= 0.3 is 0 Å². The quantitative estimate of drug-likeness (QED) is 0.676. The van der Waals surface area contributed by atoms with Crippen LogP contribution in [0.25, 0.3) is 6.08 Å². The van der Waals surface area contributed by atoms with Gasteiger partial charge in [-0.25, -0.2) is 0 Å². The van der Waals surface area contributed by atoms with Gasteiger partial charge in [-0.3, -0.25) is 4.79 Å². The summed E-state index contributed by atoms with van der Waals surface area (Å²) in [4.78, 5) is 12.0. The van der Waals surface area contributed by atoms with E-state index < -0.39 is 0 Å². The zero-order valence-electron chi connectivity index (χ0n) is 11.9. The third kappa shape index (κ3) is 3.63. The minimum absolute atomic E-state index is 0.134. The van der Waals surface area contributed by atoms with E-state index in [0.717, 1.165) is 5.56 Å². The van der Waals surface area contributed by atoms with Gasteiger partial charge in [0.1, 0.15) is 5.75 Å².